The second-order valence-corrected chi connectivity index (χ2v) is 3.93. The van der Waals surface area contributed by atoms with Gasteiger partial charge in [0.25, 0.3) is 0 Å². The Labute approximate surface area is 88.7 Å². The van der Waals surface area contributed by atoms with Gasteiger partial charge in [0.15, 0.2) is 0 Å². The van der Waals surface area contributed by atoms with E-state index in [1.807, 2.05) is 24.4 Å². The van der Waals surface area contributed by atoms with Crippen molar-refractivity contribution < 1.29 is 0 Å². The molecule has 1 aromatic heterocycles. The van der Waals surface area contributed by atoms with Crippen molar-refractivity contribution in [2.75, 3.05) is 0 Å². The lowest BCUT2D eigenvalue weighted by atomic mass is 10.0. The Bertz CT molecular complexity index is 457. The zero-order chi connectivity index (χ0) is 10.1. The molecule has 0 aliphatic carbocycles. The molecule has 14 heavy (non-hydrogen) atoms. The standard InChI is InChI=1S/C12H12ClN/c1-8-3-4-10(13)7-11(8)12-9(2)5-6-14-12/h3-7,14H,1-2H3. The van der Waals surface area contributed by atoms with Crippen LogP contribution in [0.1, 0.15) is 11.1 Å². The van der Waals surface area contributed by atoms with Gasteiger partial charge in [0.05, 0.1) is 0 Å². The lowest BCUT2D eigenvalue weighted by Gasteiger charge is -2.05. The highest BCUT2D eigenvalue weighted by Crippen LogP contribution is 2.27. The number of aromatic nitrogens is 1. The van der Waals surface area contributed by atoms with Crippen LogP contribution < -0.4 is 0 Å². The highest BCUT2D eigenvalue weighted by atomic mass is 35.5. The molecular formula is C12H12ClN. The van der Waals surface area contributed by atoms with Gasteiger partial charge >= 0.3 is 0 Å². The second kappa shape index (κ2) is 3.50. The first kappa shape index (κ1) is 9.35. The Morgan fingerprint density at radius 2 is 1.86 bits per heavy atom. The number of hydrogen-bond donors (Lipinski definition) is 1. The molecule has 2 rings (SSSR count). The van der Waals surface area contributed by atoms with Crippen molar-refractivity contribution in [3.8, 4) is 11.3 Å². The lowest BCUT2D eigenvalue weighted by Crippen LogP contribution is -1.85. The number of H-pyrrole nitrogens is 1. The van der Waals surface area contributed by atoms with Crippen molar-refractivity contribution in [3.63, 3.8) is 0 Å². The van der Waals surface area contributed by atoms with E-state index in [-0.39, 0.29) is 0 Å². The molecule has 72 valence electrons. The zero-order valence-corrected chi connectivity index (χ0v) is 9.02. The van der Waals surface area contributed by atoms with Gasteiger partial charge in [0.2, 0.25) is 0 Å². The molecule has 2 aromatic rings. The van der Waals surface area contributed by atoms with Gasteiger partial charge in [-0.1, -0.05) is 17.7 Å². The molecule has 1 aromatic carbocycles. The molecule has 0 saturated heterocycles. The quantitative estimate of drug-likeness (QED) is 0.726. The molecule has 2 heteroatoms. The van der Waals surface area contributed by atoms with E-state index in [0.717, 1.165) is 10.7 Å². The molecular weight excluding hydrogens is 194 g/mol. The number of aromatic amines is 1. The van der Waals surface area contributed by atoms with E-state index in [1.54, 1.807) is 0 Å². The summed E-state index contributed by atoms with van der Waals surface area (Å²) in [6.45, 7) is 4.18. The van der Waals surface area contributed by atoms with Crippen LogP contribution in [0.5, 0.6) is 0 Å². The van der Waals surface area contributed by atoms with E-state index < -0.39 is 0 Å². The Morgan fingerprint density at radius 3 is 2.50 bits per heavy atom. The topological polar surface area (TPSA) is 15.8 Å². The van der Waals surface area contributed by atoms with E-state index >= 15 is 0 Å². The predicted octanol–water partition coefficient (Wildman–Crippen LogP) is 3.95. The van der Waals surface area contributed by atoms with E-state index in [9.17, 15) is 0 Å². The summed E-state index contributed by atoms with van der Waals surface area (Å²) in [6.07, 6.45) is 1.95. The first-order valence-electron chi connectivity index (χ1n) is 4.59. The fraction of sp³-hybridized carbons (Fsp3) is 0.167. The van der Waals surface area contributed by atoms with E-state index in [0.29, 0.717) is 0 Å². The summed E-state index contributed by atoms with van der Waals surface area (Å²) in [5.41, 5.74) is 4.82. The first-order valence-corrected chi connectivity index (χ1v) is 4.97. The van der Waals surface area contributed by atoms with Gasteiger partial charge in [0, 0.05) is 22.5 Å². The number of halogens is 1. The largest absolute Gasteiger partial charge is 0.361 e. The van der Waals surface area contributed by atoms with Crippen molar-refractivity contribution >= 4 is 11.6 Å². The van der Waals surface area contributed by atoms with Crippen LogP contribution in [-0.4, -0.2) is 4.98 Å². The van der Waals surface area contributed by atoms with Crippen molar-refractivity contribution in [3.05, 3.63) is 46.6 Å². The molecule has 0 saturated carbocycles. The minimum Gasteiger partial charge on any atom is -0.361 e. The van der Waals surface area contributed by atoms with Gasteiger partial charge in [-0.3, -0.25) is 0 Å². The Balaban J connectivity index is 2.62. The second-order valence-electron chi connectivity index (χ2n) is 3.49. The van der Waals surface area contributed by atoms with Gasteiger partial charge < -0.3 is 4.98 Å². The molecule has 1 nitrogen and oxygen atoms in total. The monoisotopic (exact) mass is 205 g/mol. The minimum atomic E-state index is 0.777. The molecule has 0 radical (unpaired) electrons. The SMILES string of the molecule is Cc1ccc(Cl)cc1-c1[nH]ccc1C. The third kappa shape index (κ3) is 1.55. The summed E-state index contributed by atoms with van der Waals surface area (Å²) >= 11 is 5.97. The summed E-state index contributed by atoms with van der Waals surface area (Å²) in [6, 6.07) is 8.02. The van der Waals surface area contributed by atoms with Crippen LogP contribution in [0, 0.1) is 13.8 Å². The average Bonchev–Trinajstić information content (AvgIpc) is 2.56. The number of benzene rings is 1. The number of nitrogens with one attached hydrogen (secondary N) is 1. The summed E-state index contributed by atoms with van der Waals surface area (Å²) in [7, 11) is 0. The van der Waals surface area contributed by atoms with Gasteiger partial charge in [-0.15, -0.1) is 0 Å². The summed E-state index contributed by atoms with van der Waals surface area (Å²) in [4.78, 5) is 3.23. The smallest absolute Gasteiger partial charge is 0.0486 e. The molecule has 0 aliphatic heterocycles. The summed E-state index contributed by atoms with van der Waals surface area (Å²) < 4.78 is 0. The zero-order valence-electron chi connectivity index (χ0n) is 8.26. The number of aryl methyl sites for hydroxylation is 2. The maximum Gasteiger partial charge on any atom is 0.0486 e. The Morgan fingerprint density at radius 1 is 1.07 bits per heavy atom. The van der Waals surface area contributed by atoms with Crippen LogP contribution in [0.25, 0.3) is 11.3 Å². The van der Waals surface area contributed by atoms with Crippen molar-refractivity contribution in [1.29, 1.82) is 0 Å². The van der Waals surface area contributed by atoms with Crippen LogP contribution in [0.15, 0.2) is 30.5 Å². The molecule has 0 fully saturated rings. The van der Waals surface area contributed by atoms with Crippen LogP contribution >= 0.6 is 11.6 Å². The number of hydrogen-bond acceptors (Lipinski definition) is 0. The maximum atomic E-state index is 5.97. The summed E-state index contributed by atoms with van der Waals surface area (Å²) in [5.74, 6) is 0. The van der Waals surface area contributed by atoms with Gasteiger partial charge in [-0.25, -0.2) is 0 Å². The van der Waals surface area contributed by atoms with Crippen molar-refractivity contribution in [2.24, 2.45) is 0 Å². The van der Waals surface area contributed by atoms with Crippen LogP contribution in [0.2, 0.25) is 5.02 Å². The van der Waals surface area contributed by atoms with E-state index in [4.69, 9.17) is 11.6 Å². The van der Waals surface area contributed by atoms with Crippen LogP contribution in [0.3, 0.4) is 0 Å². The number of rotatable bonds is 1. The third-order valence-electron chi connectivity index (χ3n) is 2.42. The molecule has 0 amide bonds. The van der Waals surface area contributed by atoms with Crippen LogP contribution in [0.4, 0.5) is 0 Å². The Kier molecular flexibility index (Phi) is 2.34. The molecule has 1 N–H and O–H groups in total. The predicted molar refractivity (Wildman–Crippen MR) is 60.7 cm³/mol. The lowest BCUT2D eigenvalue weighted by molar-refractivity contribution is 1.34. The molecule has 0 unspecified atom stereocenters. The average molecular weight is 206 g/mol. The van der Waals surface area contributed by atoms with E-state index in [1.165, 1.54) is 16.7 Å². The van der Waals surface area contributed by atoms with Gasteiger partial charge in [-0.2, -0.15) is 0 Å². The molecule has 0 aliphatic rings. The Hall–Kier alpha value is -1.21. The summed E-state index contributed by atoms with van der Waals surface area (Å²) in [5, 5.41) is 0.777. The maximum absolute atomic E-state index is 5.97. The molecule has 0 spiro atoms. The van der Waals surface area contributed by atoms with Gasteiger partial charge in [0.1, 0.15) is 0 Å². The minimum absolute atomic E-state index is 0.777. The van der Waals surface area contributed by atoms with Gasteiger partial charge in [-0.05, 0) is 43.2 Å². The van der Waals surface area contributed by atoms with E-state index in [2.05, 4.69) is 24.9 Å². The molecule has 0 atom stereocenters. The highest BCUT2D eigenvalue weighted by molar-refractivity contribution is 6.30. The normalized spacial score (nSPS) is 10.5. The van der Waals surface area contributed by atoms with Crippen molar-refractivity contribution in [2.45, 2.75) is 13.8 Å². The molecule has 1 heterocycles. The first-order chi connectivity index (χ1) is 6.68. The fourth-order valence-corrected chi connectivity index (χ4v) is 1.77. The van der Waals surface area contributed by atoms with Crippen LogP contribution in [-0.2, 0) is 0 Å². The third-order valence-corrected chi connectivity index (χ3v) is 2.66. The van der Waals surface area contributed by atoms with Crippen molar-refractivity contribution in [1.82, 2.24) is 4.98 Å². The molecule has 0 bridgehead atoms. The fourth-order valence-electron chi connectivity index (χ4n) is 1.60. The highest BCUT2D eigenvalue weighted by Gasteiger charge is 2.06.